The van der Waals surface area contributed by atoms with E-state index in [1.165, 1.54) is 0 Å². The molecule has 0 radical (unpaired) electrons. The monoisotopic (exact) mass is 240 g/mol. The van der Waals surface area contributed by atoms with Crippen LogP contribution >= 0.6 is 12.2 Å². The van der Waals surface area contributed by atoms with Crippen LogP contribution in [-0.2, 0) is 4.74 Å². The molecule has 0 amide bonds. The van der Waals surface area contributed by atoms with E-state index in [2.05, 4.69) is 18.5 Å². The molecule has 0 bridgehead atoms. The molecule has 1 saturated heterocycles. The predicted molar refractivity (Wildman–Crippen MR) is 71.5 cm³/mol. The standard InChI is InChI=1S/C12H20N2OS/c1-3-7-14(8-4-2)12(16)13-10-11-6-5-9-15-11/h3-4,11H,1-2,5-10H2,(H,13,16). The molecule has 0 saturated carbocycles. The minimum atomic E-state index is 0.312. The van der Waals surface area contributed by atoms with E-state index >= 15 is 0 Å². The Balaban J connectivity index is 2.29. The zero-order valence-corrected chi connectivity index (χ0v) is 10.5. The van der Waals surface area contributed by atoms with Crippen molar-refractivity contribution in [2.24, 2.45) is 0 Å². The molecule has 1 rings (SSSR count). The van der Waals surface area contributed by atoms with Crippen LogP contribution < -0.4 is 5.32 Å². The van der Waals surface area contributed by atoms with Crippen molar-refractivity contribution in [3.63, 3.8) is 0 Å². The van der Waals surface area contributed by atoms with Crippen LogP contribution in [0, 0.1) is 0 Å². The second-order valence-electron chi connectivity index (χ2n) is 3.80. The zero-order valence-electron chi connectivity index (χ0n) is 9.65. The smallest absolute Gasteiger partial charge is 0.169 e. The lowest BCUT2D eigenvalue weighted by molar-refractivity contribution is 0.113. The van der Waals surface area contributed by atoms with Crippen LogP contribution in [-0.4, -0.2) is 42.4 Å². The summed E-state index contributed by atoms with van der Waals surface area (Å²) in [5.41, 5.74) is 0. The summed E-state index contributed by atoms with van der Waals surface area (Å²) in [4.78, 5) is 2.02. The highest BCUT2D eigenvalue weighted by Gasteiger charge is 2.16. The van der Waals surface area contributed by atoms with E-state index in [1.54, 1.807) is 0 Å². The third-order valence-electron chi connectivity index (χ3n) is 2.49. The summed E-state index contributed by atoms with van der Waals surface area (Å²) in [6.07, 6.45) is 6.26. The fraction of sp³-hybridized carbons (Fsp3) is 0.583. The first-order valence-corrected chi connectivity index (χ1v) is 6.05. The van der Waals surface area contributed by atoms with Crippen molar-refractivity contribution in [2.45, 2.75) is 18.9 Å². The molecule has 16 heavy (non-hydrogen) atoms. The van der Waals surface area contributed by atoms with E-state index in [0.717, 1.165) is 44.2 Å². The number of hydrogen-bond acceptors (Lipinski definition) is 2. The van der Waals surface area contributed by atoms with Gasteiger partial charge in [-0.15, -0.1) is 13.2 Å². The fourth-order valence-corrected chi connectivity index (χ4v) is 1.90. The maximum atomic E-state index is 5.52. The van der Waals surface area contributed by atoms with Crippen LogP contribution in [0.2, 0.25) is 0 Å². The largest absolute Gasteiger partial charge is 0.376 e. The molecule has 3 nitrogen and oxygen atoms in total. The molecule has 0 spiro atoms. The fourth-order valence-electron chi connectivity index (χ4n) is 1.67. The second-order valence-corrected chi connectivity index (χ2v) is 4.19. The lowest BCUT2D eigenvalue weighted by atomic mass is 10.2. The molecular formula is C12H20N2OS. The van der Waals surface area contributed by atoms with Crippen LogP contribution in [0.1, 0.15) is 12.8 Å². The lowest BCUT2D eigenvalue weighted by Gasteiger charge is -2.24. The van der Waals surface area contributed by atoms with Gasteiger partial charge in [0.1, 0.15) is 0 Å². The number of nitrogens with zero attached hydrogens (tertiary/aromatic N) is 1. The Morgan fingerprint density at radius 3 is 2.62 bits per heavy atom. The highest BCUT2D eigenvalue weighted by Crippen LogP contribution is 2.10. The van der Waals surface area contributed by atoms with Crippen LogP contribution in [0.15, 0.2) is 25.3 Å². The summed E-state index contributed by atoms with van der Waals surface area (Å²) in [6, 6.07) is 0. The second kappa shape index (κ2) is 7.41. The van der Waals surface area contributed by atoms with Gasteiger partial charge in [-0.2, -0.15) is 0 Å². The van der Waals surface area contributed by atoms with Crippen LogP contribution in [0.25, 0.3) is 0 Å². The Kier molecular flexibility index (Phi) is 6.11. The van der Waals surface area contributed by atoms with Crippen molar-refractivity contribution >= 4 is 17.3 Å². The van der Waals surface area contributed by atoms with Crippen molar-refractivity contribution in [3.05, 3.63) is 25.3 Å². The molecule has 1 fully saturated rings. The molecule has 1 heterocycles. The SMILES string of the molecule is C=CCN(CC=C)C(=S)NCC1CCCO1. The normalized spacial score (nSPS) is 19.1. The van der Waals surface area contributed by atoms with Crippen molar-refractivity contribution in [3.8, 4) is 0 Å². The van der Waals surface area contributed by atoms with Crippen molar-refractivity contribution in [2.75, 3.05) is 26.2 Å². The minimum Gasteiger partial charge on any atom is -0.376 e. The highest BCUT2D eigenvalue weighted by atomic mass is 32.1. The first kappa shape index (κ1) is 13.2. The molecule has 1 atom stereocenters. The Morgan fingerprint density at radius 1 is 1.44 bits per heavy atom. The van der Waals surface area contributed by atoms with E-state index in [9.17, 15) is 0 Å². The van der Waals surface area contributed by atoms with Gasteiger partial charge in [0, 0.05) is 26.2 Å². The van der Waals surface area contributed by atoms with Gasteiger partial charge in [0.2, 0.25) is 0 Å². The Morgan fingerprint density at radius 2 is 2.12 bits per heavy atom. The molecule has 1 aliphatic rings. The van der Waals surface area contributed by atoms with E-state index in [0.29, 0.717) is 6.10 Å². The maximum Gasteiger partial charge on any atom is 0.169 e. The number of thiocarbonyl (C=S) groups is 1. The van der Waals surface area contributed by atoms with E-state index in [1.807, 2.05) is 17.1 Å². The van der Waals surface area contributed by atoms with Gasteiger partial charge in [-0.1, -0.05) is 12.2 Å². The molecular weight excluding hydrogens is 220 g/mol. The van der Waals surface area contributed by atoms with Crippen LogP contribution in [0.3, 0.4) is 0 Å². The molecule has 0 aromatic heterocycles. The predicted octanol–water partition coefficient (Wildman–Crippen LogP) is 1.71. The van der Waals surface area contributed by atoms with Gasteiger partial charge in [0.05, 0.1) is 6.10 Å². The van der Waals surface area contributed by atoms with Crippen molar-refractivity contribution < 1.29 is 4.74 Å². The summed E-state index contributed by atoms with van der Waals surface area (Å²) in [7, 11) is 0. The topological polar surface area (TPSA) is 24.5 Å². The molecule has 4 heteroatoms. The minimum absolute atomic E-state index is 0.312. The third-order valence-corrected chi connectivity index (χ3v) is 2.89. The van der Waals surface area contributed by atoms with Gasteiger partial charge in [-0.25, -0.2) is 0 Å². The van der Waals surface area contributed by atoms with Crippen molar-refractivity contribution in [1.82, 2.24) is 10.2 Å². The summed E-state index contributed by atoms with van der Waals surface area (Å²) in [5.74, 6) is 0. The molecule has 1 unspecified atom stereocenters. The van der Waals surface area contributed by atoms with Gasteiger partial charge in [0.25, 0.3) is 0 Å². The average Bonchev–Trinajstić information content (AvgIpc) is 2.78. The Bertz CT molecular complexity index is 239. The third kappa shape index (κ3) is 4.33. The lowest BCUT2D eigenvalue weighted by Crippen LogP contribution is -2.42. The van der Waals surface area contributed by atoms with Gasteiger partial charge in [-0.3, -0.25) is 0 Å². The van der Waals surface area contributed by atoms with Gasteiger partial charge < -0.3 is 15.0 Å². The molecule has 1 N–H and O–H groups in total. The van der Waals surface area contributed by atoms with Crippen LogP contribution in [0.4, 0.5) is 0 Å². The van der Waals surface area contributed by atoms with E-state index in [4.69, 9.17) is 17.0 Å². The van der Waals surface area contributed by atoms with Crippen LogP contribution in [0.5, 0.6) is 0 Å². The van der Waals surface area contributed by atoms with E-state index in [-0.39, 0.29) is 0 Å². The molecule has 0 aliphatic carbocycles. The summed E-state index contributed by atoms with van der Waals surface area (Å²) >= 11 is 5.30. The molecule has 0 aromatic carbocycles. The first-order valence-electron chi connectivity index (χ1n) is 5.64. The Labute approximate surface area is 103 Å². The number of nitrogens with one attached hydrogen (secondary N) is 1. The maximum absolute atomic E-state index is 5.52. The van der Waals surface area contributed by atoms with E-state index < -0.39 is 0 Å². The van der Waals surface area contributed by atoms with Gasteiger partial charge in [0.15, 0.2) is 5.11 Å². The molecule has 90 valence electrons. The first-order chi connectivity index (χ1) is 7.77. The number of rotatable bonds is 6. The zero-order chi connectivity index (χ0) is 11.8. The van der Waals surface area contributed by atoms with Gasteiger partial charge in [-0.05, 0) is 25.1 Å². The molecule has 1 aliphatic heterocycles. The molecule has 0 aromatic rings. The average molecular weight is 240 g/mol. The van der Waals surface area contributed by atoms with Gasteiger partial charge >= 0.3 is 0 Å². The number of hydrogen-bond donors (Lipinski definition) is 1. The summed E-state index contributed by atoms with van der Waals surface area (Å²) < 4.78 is 5.52. The summed E-state index contributed by atoms with van der Waals surface area (Å²) in [5, 5.41) is 3.98. The number of ether oxygens (including phenoxy) is 1. The quantitative estimate of drug-likeness (QED) is 0.564. The van der Waals surface area contributed by atoms with Crippen molar-refractivity contribution in [1.29, 1.82) is 0 Å². The summed E-state index contributed by atoms with van der Waals surface area (Å²) in [6.45, 7) is 10.6. The highest BCUT2D eigenvalue weighted by molar-refractivity contribution is 7.80. The Hall–Kier alpha value is -0.870.